The molecule has 2 amide bonds. The second-order valence-corrected chi connectivity index (χ2v) is 5.85. The number of carbonyl (C=O) groups is 1. The Labute approximate surface area is 118 Å². The number of nitrogens with zero attached hydrogens (tertiary/aromatic N) is 2. The molecule has 3 aliphatic heterocycles. The second-order valence-electron chi connectivity index (χ2n) is 5.85. The van der Waals surface area contributed by atoms with Gasteiger partial charge in [0, 0.05) is 44.1 Å². The van der Waals surface area contributed by atoms with Crippen LogP contribution in [0.1, 0.15) is 12.0 Å². The summed E-state index contributed by atoms with van der Waals surface area (Å²) in [7, 11) is 0. The lowest BCUT2D eigenvalue weighted by Crippen LogP contribution is -2.52. The Bertz CT molecular complexity index is 545. The second kappa shape index (κ2) is 4.58. The molecular weight excluding hydrogens is 252 g/mol. The molecule has 1 unspecified atom stereocenters. The average Bonchev–Trinajstić information content (AvgIpc) is 2.88. The number of rotatable bonds is 1. The normalized spacial score (nSPS) is 24.8. The summed E-state index contributed by atoms with van der Waals surface area (Å²) in [5.41, 5.74) is 4.01. The molecule has 20 heavy (non-hydrogen) atoms. The van der Waals surface area contributed by atoms with Gasteiger partial charge in [-0.15, -0.1) is 0 Å². The summed E-state index contributed by atoms with van der Waals surface area (Å²) >= 11 is 0. The van der Waals surface area contributed by atoms with Gasteiger partial charge in [0.15, 0.2) is 0 Å². The Hall–Kier alpha value is -1.91. The van der Waals surface area contributed by atoms with Crippen molar-refractivity contribution in [2.45, 2.75) is 18.9 Å². The van der Waals surface area contributed by atoms with Gasteiger partial charge < -0.3 is 20.4 Å². The van der Waals surface area contributed by atoms with Gasteiger partial charge in [-0.1, -0.05) is 0 Å². The van der Waals surface area contributed by atoms with Crippen LogP contribution < -0.4 is 15.5 Å². The van der Waals surface area contributed by atoms with E-state index in [9.17, 15) is 4.79 Å². The number of amides is 2. The number of hydrogen-bond donors (Lipinski definition) is 2. The zero-order chi connectivity index (χ0) is 13.5. The SMILES string of the molecule is O=C1NCC2CN(c3ccc4c(c3)CCCN4)CCN12. The molecule has 1 aromatic rings. The van der Waals surface area contributed by atoms with E-state index in [0.29, 0.717) is 6.04 Å². The van der Waals surface area contributed by atoms with Gasteiger partial charge in [0.1, 0.15) is 0 Å². The smallest absolute Gasteiger partial charge is 0.317 e. The van der Waals surface area contributed by atoms with Crippen molar-refractivity contribution in [3.05, 3.63) is 23.8 Å². The van der Waals surface area contributed by atoms with E-state index in [4.69, 9.17) is 0 Å². The van der Waals surface area contributed by atoms with Crippen molar-refractivity contribution in [2.24, 2.45) is 0 Å². The van der Waals surface area contributed by atoms with Gasteiger partial charge in [0.25, 0.3) is 0 Å². The van der Waals surface area contributed by atoms with E-state index >= 15 is 0 Å². The molecule has 2 N–H and O–H groups in total. The monoisotopic (exact) mass is 272 g/mol. The van der Waals surface area contributed by atoms with Crippen LogP contribution in [0.2, 0.25) is 0 Å². The predicted molar refractivity (Wildman–Crippen MR) is 79.4 cm³/mol. The Morgan fingerprint density at radius 2 is 2.15 bits per heavy atom. The maximum Gasteiger partial charge on any atom is 0.317 e. The first-order valence-electron chi connectivity index (χ1n) is 7.47. The molecular formula is C15H20N4O. The fraction of sp³-hybridized carbons (Fsp3) is 0.533. The van der Waals surface area contributed by atoms with Crippen LogP contribution >= 0.6 is 0 Å². The molecule has 0 aromatic heterocycles. The third-order valence-electron chi connectivity index (χ3n) is 4.62. The molecule has 2 saturated heterocycles. The van der Waals surface area contributed by atoms with E-state index in [1.54, 1.807) is 0 Å². The van der Waals surface area contributed by atoms with Gasteiger partial charge in [-0.2, -0.15) is 0 Å². The summed E-state index contributed by atoms with van der Waals surface area (Å²) < 4.78 is 0. The molecule has 0 spiro atoms. The first-order valence-corrected chi connectivity index (χ1v) is 7.47. The summed E-state index contributed by atoms with van der Waals surface area (Å²) in [5, 5.41) is 6.39. The zero-order valence-electron chi connectivity index (χ0n) is 11.6. The van der Waals surface area contributed by atoms with Crippen molar-refractivity contribution in [3.8, 4) is 0 Å². The van der Waals surface area contributed by atoms with Crippen LogP contribution in [0.25, 0.3) is 0 Å². The van der Waals surface area contributed by atoms with E-state index in [1.165, 1.54) is 29.8 Å². The van der Waals surface area contributed by atoms with E-state index in [0.717, 1.165) is 32.7 Å². The number of hydrogen-bond acceptors (Lipinski definition) is 3. The molecule has 3 aliphatic rings. The molecule has 4 rings (SSSR count). The molecule has 0 aliphatic carbocycles. The molecule has 5 nitrogen and oxygen atoms in total. The molecule has 106 valence electrons. The third kappa shape index (κ3) is 1.88. The lowest BCUT2D eigenvalue weighted by Gasteiger charge is -2.38. The highest BCUT2D eigenvalue weighted by atomic mass is 16.2. The molecule has 1 atom stereocenters. The minimum Gasteiger partial charge on any atom is -0.385 e. The van der Waals surface area contributed by atoms with Gasteiger partial charge in [0.05, 0.1) is 6.04 Å². The molecule has 0 saturated carbocycles. The van der Waals surface area contributed by atoms with Crippen molar-refractivity contribution >= 4 is 17.4 Å². The number of piperazine rings is 1. The van der Waals surface area contributed by atoms with Gasteiger partial charge in [-0.3, -0.25) is 0 Å². The number of aryl methyl sites for hydroxylation is 1. The van der Waals surface area contributed by atoms with E-state index in [-0.39, 0.29) is 6.03 Å². The first kappa shape index (κ1) is 11.9. The van der Waals surface area contributed by atoms with E-state index in [2.05, 4.69) is 33.7 Å². The number of urea groups is 1. The Kier molecular flexibility index (Phi) is 2.72. The number of nitrogens with one attached hydrogen (secondary N) is 2. The van der Waals surface area contributed by atoms with Crippen LogP contribution in [0, 0.1) is 0 Å². The highest BCUT2D eigenvalue weighted by Gasteiger charge is 2.35. The van der Waals surface area contributed by atoms with Crippen LogP contribution in [-0.4, -0.2) is 49.7 Å². The third-order valence-corrected chi connectivity index (χ3v) is 4.62. The Morgan fingerprint density at radius 3 is 3.10 bits per heavy atom. The van der Waals surface area contributed by atoms with Gasteiger partial charge >= 0.3 is 6.03 Å². The predicted octanol–water partition coefficient (Wildman–Crippen LogP) is 1.26. The molecule has 3 heterocycles. The van der Waals surface area contributed by atoms with Gasteiger partial charge in [0.2, 0.25) is 0 Å². The Morgan fingerprint density at radius 1 is 1.20 bits per heavy atom. The molecule has 0 radical (unpaired) electrons. The number of anilines is 2. The maximum absolute atomic E-state index is 11.6. The van der Waals surface area contributed by atoms with E-state index in [1.807, 2.05) is 4.90 Å². The van der Waals surface area contributed by atoms with Crippen molar-refractivity contribution in [2.75, 3.05) is 42.9 Å². The van der Waals surface area contributed by atoms with Crippen LogP contribution in [0.4, 0.5) is 16.2 Å². The van der Waals surface area contributed by atoms with Crippen LogP contribution in [0.5, 0.6) is 0 Å². The highest BCUT2D eigenvalue weighted by molar-refractivity contribution is 5.77. The molecule has 5 heteroatoms. The maximum atomic E-state index is 11.6. The zero-order valence-corrected chi connectivity index (χ0v) is 11.6. The highest BCUT2D eigenvalue weighted by Crippen LogP contribution is 2.28. The molecule has 1 aromatic carbocycles. The summed E-state index contributed by atoms with van der Waals surface area (Å²) in [6.07, 6.45) is 2.38. The fourth-order valence-corrected chi connectivity index (χ4v) is 3.50. The largest absolute Gasteiger partial charge is 0.385 e. The minimum atomic E-state index is 0.101. The summed E-state index contributed by atoms with van der Waals surface area (Å²) in [4.78, 5) is 16.0. The number of carbonyl (C=O) groups excluding carboxylic acids is 1. The molecule has 0 bridgehead atoms. The van der Waals surface area contributed by atoms with Gasteiger partial charge in [-0.25, -0.2) is 4.79 Å². The van der Waals surface area contributed by atoms with E-state index < -0.39 is 0 Å². The standard InChI is InChI=1S/C15H20N4O/c20-15-17-9-13-10-18(6-7-19(13)15)12-3-4-14-11(8-12)2-1-5-16-14/h3-4,8,13,16H,1-2,5-7,9-10H2,(H,17,20). The summed E-state index contributed by atoms with van der Waals surface area (Å²) in [6.45, 7) is 4.55. The van der Waals surface area contributed by atoms with Crippen LogP contribution in [0.15, 0.2) is 18.2 Å². The van der Waals surface area contributed by atoms with Crippen molar-refractivity contribution in [3.63, 3.8) is 0 Å². The lowest BCUT2D eigenvalue weighted by atomic mass is 10.0. The first-order chi connectivity index (χ1) is 9.81. The summed E-state index contributed by atoms with van der Waals surface area (Å²) in [6, 6.07) is 7.15. The number of benzene rings is 1. The van der Waals surface area contributed by atoms with Crippen molar-refractivity contribution in [1.29, 1.82) is 0 Å². The van der Waals surface area contributed by atoms with Crippen LogP contribution in [-0.2, 0) is 6.42 Å². The minimum absolute atomic E-state index is 0.101. The van der Waals surface area contributed by atoms with Crippen LogP contribution in [0.3, 0.4) is 0 Å². The van der Waals surface area contributed by atoms with Gasteiger partial charge in [-0.05, 0) is 36.6 Å². The Balaban J connectivity index is 1.55. The molecule has 2 fully saturated rings. The summed E-state index contributed by atoms with van der Waals surface area (Å²) in [5.74, 6) is 0. The topological polar surface area (TPSA) is 47.6 Å². The van der Waals surface area contributed by atoms with Crippen molar-refractivity contribution < 1.29 is 4.79 Å². The quantitative estimate of drug-likeness (QED) is 0.809. The average molecular weight is 272 g/mol. The lowest BCUT2D eigenvalue weighted by molar-refractivity contribution is 0.197. The number of fused-ring (bicyclic) bond motifs is 2. The van der Waals surface area contributed by atoms with Crippen molar-refractivity contribution in [1.82, 2.24) is 10.2 Å². The fourth-order valence-electron chi connectivity index (χ4n) is 3.50.